The van der Waals surface area contributed by atoms with Crippen LogP contribution in [0.15, 0.2) is 23.1 Å². The van der Waals surface area contributed by atoms with Gasteiger partial charge in [0.15, 0.2) is 0 Å². The number of thioether (sulfide) groups is 1. The second-order valence-electron chi connectivity index (χ2n) is 5.16. The monoisotopic (exact) mass is 315 g/mol. The van der Waals surface area contributed by atoms with Gasteiger partial charge in [-0.2, -0.15) is 11.8 Å². The molecule has 0 aromatic heterocycles. The van der Waals surface area contributed by atoms with Crippen molar-refractivity contribution in [1.29, 1.82) is 0 Å². The third-order valence-corrected chi connectivity index (χ3v) is 5.68. The Bertz CT molecular complexity index is 575. The van der Waals surface area contributed by atoms with E-state index in [1.165, 1.54) is 25.0 Å². The molecule has 0 amide bonds. The maximum Gasteiger partial charge on any atom is 0.238 e. The molecule has 5 N–H and O–H groups in total. The fraction of sp³-hybridized carbons (Fsp3) is 0.538. The Morgan fingerprint density at radius 1 is 1.35 bits per heavy atom. The number of primary sulfonamides is 1. The number of hydrogen-bond donors (Lipinski definition) is 3. The topological polar surface area (TPSA) is 98.2 Å². The van der Waals surface area contributed by atoms with Crippen LogP contribution in [0, 0.1) is 0 Å². The number of nitrogens with two attached hydrogens (primary N) is 2. The van der Waals surface area contributed by atoms with Crippen molar-refractivity contribution in [2.24, 2.45) is 5.14 Å². The zero-order chi connectivity index (χ0) is 14.8. The maximum absolute atomic E-state index is 11.3. The Kier molecular flexibility index (Phi) is 4.82. The number of nitrogens with one attached hydrogen (secondary N) is 1. The number of anilines is 2. The first kappa shape index (κ1) is 15.5. The van der Waals surface area contributed by atoms with Gasteiger partial charge in [0, 0.05) is 11.3 Å². The van der Waals surface area contributed by atoms with E-state index in [-0.39, 0.29) is 4.90 Å². The van der Waals surface area contributed by atoms with Crippen LogP contribution >= 0.6 is 11.8 Å². The predicted molar refractivity (Wildman–Crippen MR) is 85.4 cm³/mol. The van der Waals surface area contributed by atoms with Crippen molar-refractivity contribution < 1.29 is 8.42 Å². The van der Waals surface area contributed by atoms with Gasteiger partial charge in [-0.1, -0.05) is 6.42 Å². The lowest BCUT2D eigenvalue weighted by atomic mass is 9.94. The first-order chi connectivity index (χ1) is 9.40. The largest absolute Gasteiger partial charge is 0.397 e. The van der Waals surface area contributed by atoms with E-state index in [2.05, 4.69) is 11.6 Å². The number of benzene rings is 1. The highest BCUT2D eigenvalue weighted by Crippen LogP contribution is 2.30. The molecule has 1 aliphatic carbocycles. The lowest BCUT2D eigenvalue weighted by molar-refractivity contribution is 0.474. The summed E-state index contributed by atoms with van der Waals surface area (Å²) in [4.78, 5) is 0.0474. The predicted octanol–water partition coefficient (Wildman–Crippen LogP) is 2.00. The second-order valence-corrected chi connectivity index (χ2v) is 7.86. The number of rotatable bonds is 4. The second kappa shape index (κ2) is 6.24. The molecule has 20 heavy (non-hydrogen) atoms. The lowest BCUT2D eigenvalue weighted by Gasteiger charge is -2.29. The summed E-state index contributed by atoms with van der Waals surface area (Å²) >= 11 is 1.90. The van der Waals surface area contributed by atoms with Crippen LogP contribution in [0.5, 0.6) is 0 Å². The van der Waals surface area contributed by atoms with Crippen molar-refractivity contribution in [3.63, 3.8) is 0 Å². The molecule has 112 valence electrons. The van der Waals surface area contributed by atoms with Crippen molar-refractivity contribution in [3.8, 4) is 0 Å². The molecule has 0 aliphatic heterocycles. The summed E-state index contributed by atoms with van der Waals surface area (Å²) < 4.78 is 22.5. The number of sulfonamides is 1. The van der Waals surface area contributed by atoms with E-state index < -0.39 is 10.0 Å². The van der Waals surface area contributed by atoms with Gasteiger partial charge in [-0.15, -0.1) is 0 Å². The van der Waals surface area contributed by atoms with Gasteiger partial charge in [-0.05, 0) is 43.7 Å². The molecular weight excluding hydrogens is 294 g/mol. The highest BCUT2D eigenvalue weighted by molar-refractivity contribution is 7.99. The normalized spacial score (nSPS) is 23.5. The molecule has 0 spiro atoms. The number of hydrogen-bond acceptors (Lipinski definition) is 5. The van der Waals surface area contributed by atoms with E-state index in [9.17, 15) is 8.42 Å². The van der Waals surface area contributed by atoms with Crippen LogP contribution < -0.4 is 16.2 Å². The standard InChI is InChI=1S/C13H21N3O2S2/c1-19-10-4-2-3-9(7-10)16-13-6-5-11(8-12(13)14)20(15,17)18/h5-6,8-10,16H,2-4,7,14H2,1H3,(H2,15,17,18). The molecule has 2 unspecified atom stereocenters. The summed E-state index contributed by atoms with van der Waals surface area (Å²) in [6.45, 7) is 0. The average Bonchev–Trinajstić information content (AvgIpc) is 2.40. The third kappa shape index (κ3) is 3.80. The van der Waals surface area contributed by atoms with E-state index in [4.69, 9.17) is 10.9 Å². The van der Waals surface area contributed by atoms with Gasteiger partial charge in [0.1, 0.15) is 0 Å². The Morgan fingerprint density at radius 3 is 2.70 bits per heavy atom. The van der Waals surface area contributed by atoms with Gasteiger partial charge in [0.2, 0.25) is 10.0 Å². The van der Waals surface area contributed by atoms with Gasteiger partial charge in [-0.3, -0.25) is 0 Å². The van der Waals surface area contributed by atoms with E-state index in [0.29, 0.717) is 17.0 Å². The fourth-order valence-corrected chi connectivity index (χ4v) is 3.94. The molecule has 2 rings (SSSR count). The Morgan fingerprint density at radius 2 is 2.10 bits per heavy atom. The summed E-state index contributed by atoms with van der Waals surface area (Å²) in [5, 5.41) is 9.19. The average molecular weight is 315 g/mol. The molecular formula is C13H21N3O2S2. The smallest absolute Gasteiger partial charge is 0.238 e. The molecule has 7 heteroatoms. The van der Waals surface area contributed by atoms with Gasteiger partial charge < -0.3 is 11.1 Å². The molecule has 0 bridgehead atoms. The lowest BCUT2D eigenvalue weighted by Crippen LogP contribution is -2.28. The van der Waals surface area contributed by atoms with E-state index in [1.54, 1.807) is 6.07 Å². The fourth-order valence-electron chi connectivity index (χ4n) is 2.56. The van der Waals surface area contributed by atoms with Gasteiger partial charge in [0.05, 0.1) is 16.3 Å². The van der Waals surface area contributed by atoms with Gasteiger partial charge >= 0.3 is 0 Å². The van der Waals surface area contributed by atoms with Crippen molar-refractivity contribution >= 4 is 33.2 Å². The highest BCUT2D eigenvalue weighted by Gasteiger charge is 2.21. The van der Waals surface area contributed by atoms with E-state index in [0.717, 1.165) is 18.5 Å². The molecule has 1 fully saturated rings. The van der Waals surface area contributed by atoms with Crippen LogP contribution in [-0.4, -0.2) is 26.0 Å². The van der Waals surface area contributed by atoms with Crippen molar-refractivity contribution in [1.82, 2.24) is 0 Å². The summed E-state index contributed by atoms with van der Waals surface area (Å²) in [5.41, 5.74) is 7.12. The minimum Gasteiger partial charge on any atom is -0.397 e. The van der Waals surface area contributed by atoms with Crippen LogP contribution in [0.25, 0.3) is 0 Å². The summed E-state index contributed by atoms with van der Waals surface area (Å²) in [6.07, 6.45) is 6.84. The van der Waals surface area contributed by atoms with E-state index >= 15 is 0 Å². The molecule has 2 atom stereocenters. The molecule has 1 aromatic carbocycles. The summed E-state index contributed by atoms with van der Waals surface area (Å²) in [7, 11) is -3.70. The summed E-state index contributed by atoms with van der Waals surface area (Å²) in [6, 6.07) is 4.98. The van der Waals surface area contributed by atoms with Crippen molar-refractivity contribution in [2.45, 2.75) is 41.9 Å². The van der Waals surface area contributed by atoms with Crippen LogP contribution in [0.1, 0.15) is 25.7 Å². The minimum absolute atomic E-state index is 0.0474. The Balaban J connectivity index is 2.10. The van der Waals surface area contributed by atoms with Crippen LogP contribution in [-0.2, 0) is 10.0 Å². The van der Waals surface area contributed by atoms with Gasteiger partial charge in [0.25, 0.3) is 0 Å². The maximum atomic E-state index is 11.3. The van der Waals surface area contributed by atoms with Crippen molar-refractivity contribution in [3.05, 3.63) is 18.2 Å². The highest BCUT2D eigenvalue weighted by atomic mass is 32.2. The summed E-state index contributed by atoms with van der Waals surface area (Å²) in [5.74, 6) is 0. The van der Waals surface area contributed by atoms with Crippen molar-refractivity contribution in [2.75, 3.05) is 17.3 Å². The van der Waals surface area contributed by atoms with Crippen LogP contribution in [0.2, 0.25) is 0 Å². The van der Waals surface area contributed by atoms with Gasteiger partial charge in [-0.25, -0.2) is 13.6 Å². The Hall–Kier alpha value is -0.920. The quantitative estimate of drug-likeness (QED) is 0.738. The molecule has 5 nitrogen and oxygen atoms in total. The third-order valence-electron chi connectivity index (χ3n) is 3.67. The zero-order valence-corrected chi connectivity index (χ0v) is 13.1. The van der Waals surface area contributed by atoms with E-state index in [1.807, 2.05) is 11.8 Å². The van der Waals surface area contributed by atoms with Crippen LogP contribution in [0.3, 0.4) is 0 Å². The van der Waals surface area contributed by atoms with Crippen LogP contribution in [0.4, 0.5) is 11.4 Å². The first-order valence-corrected chi connectivity index (χ1v) is 9.45. The molecule has 0 heterocycles. The SMILES string of the molecule is CSC1CCCC(Nc2ccc(S(N)(=O)=O)cc2N)C1. The Labute approximate surface area is 124 Å². The molecule has 1 aliphatic rings. The minimum atomic E-state index is -3.70. The molecule has 0 saturated heterocycles. The molecule has 1 saturated carbocycles. The zero-order valence-electron chi connectivity index (χ0n) is 11.5. The first-order valence-electron chi connectivity index (χ1n) is 6.62. The molecule has 0 radical (unpaired) electrons. The molecule has 1 aromatic rings. The number of nitrogen functional groups attached to an aromatic ring is 1.